The summed E-state index contributed by atoms with van der Waals surface area (Å²) in [7, 11) is 0. The molecule has 0 unspecified atom stereocenters. The molecule has 1 aromatic carbocycles. The van der Waals surface area contributed by atoms with Crippen molar-refractivity contribution in [2.45, 2.75) is 13.0 Å². The molecule has 84 valence electrons. The van der Waals surface area contributed by atoms with E-state index in [2.05, 4.69) is 20.6 Å². The molecule has 2 aromatic rings. The van der Waals surface area contributed by atoms with E-state index in [0.717, 1.165) is 12.2 Å². The van der Waals surface area contributed by atoms with E-state index < -0.39 is 0 Å². The van der Waals surface area contributed by atoms with E-state index in [1.807, 2.05) is 24.3 Å². The number of rotatable bonds is 5. The highest BCUT2D eigenvalue weighted by molar-refractivity contribution is 5.27. The molecule has 0 atom stereocenters. The first-order chi connectivity index (χ1) is 7.88. The molecule has 0 aliphatic carbocycles. The molecule has 0 aliphatic rings. The van der Waals surface area contributed by atoms with Gasteiger partial charge in [-0.15, -0.1) is 5.10 Å². The van der Waals surface area contributed by atoms with Crippen molar-refractivity contribution in [2.75, 3.05) is 6.54 Å². The molecule has 2 rings (SSSR count). The minimum Gasteiger partial charge on any atom is -0.486 e. The number of aromatic nitrogens is 4. The van der Waals surface area contributed by atoms with Crippen molar-refractivity contribution in [1.82, 2.24) is 20.6 Å². The van der Waals surface area contributed by atoms with Gasteiger partial charge in [-0.05, 0) is 41.1 Å². The average Bonchev–Trinajstić information content (AvgIpc) is 2.82. The normalized spacial score (nSPS) is 10.3. The Morgan fingerprint density at radius 2 is 2.06 bits per heavy atom. The van der Waals surface area contributed by atoms with Gasteiger partial charge in [0.1, 0.15) is 12.4 Å². The van der Waals surface area contributed by atoms with Crippen LogP contribution >= 0.6 is 0 Å². The number of aromatic amines is 1. The maximum absolute atomic E-state index is 5.48. The second-order valence-electron chi connectivity index (χ2n) is 3.32. The van der Waals surface area contributed by atoms with Gasteiger partial charge in [-0.1, -0.05) is 12.1 Å². The maximum Gasteiger partial charge on any atom is 0.186 e. The Morgan fingerprint density at radius 3 is 2.69 bits per heavy atom. The molecule has 0 saturated carbocycles. The third kappa shape index (κ3) is 2.77. The Labute approximate surface area is 92.8 Å². The van der Waals surface area contributed by atoms with E-state index in [4.69, 9.17) is 10.5 Å². The lowest BCUT2D eigenvalue weighted by molar-refractivity contribution is 0.296. The second kappa shape index (κ2) is 5.22. The predicted octanol–water partition coefficient (Wildman–Crippen LogP) is 0.280. The predicted molar refractivity (Wildman–Crippen MR) is 57.7 cm³/mol. The number of H-pyrrole nitrogens is 1. The van der Waals surface area contributed by atoms with Crippen molar-refractivity contribution in [2.24, 2.45) is 5.73 Å². The maximum atomic E-state index is 5.48. The zero-order chi connectivity index (χ0) is 11.2. The fourth-order valence-corrected chi connectivity index (χ4v) is 1.31. The van der Waals surface area contributed by atoms with Crippen LogP contribution < -0.4 is 10.5 Å². The van der Waals surface area contributed by atoms with Gasteiger partial charge in [-0.25, -0.2) is 5.10 Å². The summed E-state index contributed by atoms with van der Waals surface area (Å²) < 4.78 is 5.48. The van der Waals surface area contributed by atoms with E-state index in [9.17, 15) is 0 Å². The second-order valence-corrected chi connectivity index (χ2v) is 3.32. The Hall–Kier alpha value is -1.95. The van der Waals surface area contributed by atoms with Crippen molar-refractivity contribution < 1.29 is 4.74 Å². The molecule has 1 aromatic heterocycles. The zero-order valence-corrected chi connectivity index (χ0v) is 8.76. The molecule has 6 heteroatoms. The Bertz CT molecular complexity index is 411. The Morgan fingerprint density at radius 1 is 1.25 bits per heavy atom. The van der Waals surface area contributed by atoms with Crippen LogP contribution in [0, 0.1) is 0 Å². The summed E-state index contributed by atoms with van der Waals surface area (Å²) in [6.07, 6.45) is 0.881. The molecule has 0 fully saturated rings. The third-order valence-electron chi connectivity index (χ3n) is 2.12. The number of hydrogen-bond acceptors (Lipinski definition) is 5. The molecule has 1 heterocycles. The first-order valence-corrected chi connectivity index (χ1v) is 5.03. The fraction of sp³-hybridized carbons (Fsp3) is 0.300. The minimum absolute atomic E-state index is 0.337. The van der Waals surface area contributed by atoms with E-state index in [-0.39, 0.29) is 0 Å². The number of hydrogen-bond donors (Lipinski definition) is 2. The third-order valence-corrected chi connectivity index (χ3v) is 2.12. The van der Waals surface area contributed by atoms with Crippen molar-refractivity contribution in [3.8, 4) is 5.75 Å². The lowest BCUT2D eigenvalue weighted by Gasteiger charge is -2.04. The molecule has 0 spiro atoms. The number of nitrogens with zero attached hydrogens (tertiary/aromatic N) is 3. The van der Waals surface area contributed by atoms with E-state index in [1.54, 1.807) is 0 Å². The minimum atomic E-state index is 0.337. The first-order valence-electron chi connectivity index (χ1n) is 5.03. The van der Waals surface area contributed by atoms with Crippen LogP contribution in [0.2, 0.25) is 0 Å². The molecular formula is C10H13N5O. The van der Waals surface area contributed by atoms with Crippen molar-refractivity contribution in [1.29, 1.82) is 0 Å². The van der Waals surface area contributed by atoms with Crippen molar-refractivity contribution in [3.63, 3.8) is 0 Å². The molecule has 0 aliphatic heterocycles. The van der Waals surface area contributed by atoms with E-state index in [1.165, 1.54) is 5.56 Å². The van der Waals surface area contributed by atoms with Crippen molar-refractivity contribution in [3.05, 3.63) is 35.7 Å². The summed E-state index contributed by atoms with van der Waals surface area (Å²) in [5, 5.41) is 13.3. The monoisotopic (exact) mass is 219 g/mol. The van der Waals surface area contributed by atoms with Crippen molar-refractivity contribution >= 4 is 0 Å². The lowest BCUT2D eigenvalue weighted by Crippen LogP contribution is -2.02. The van der Waals surface area contributed by atoms with Gasteiger partial charge in [0.15, 0.2) is 5.82 Å². The highest BCUT2D eigenvalue weighted by Crippen LogP contribution is 2.13. The zero-order valence-electron chi connectivity index (χ0n) is 8.76. The van der Waals surface area contributed by atoms with Gasteiger partial charge in [0, 0.05) is 0 Å². The van der Waals surface area contributed by atoms with Gasteiger partial charge in [-0.3, -0.25) is 0 Å². The Kier molecular flexibility index (Phi) is 3.45. The molecular weight excluding hydrogens is 206 g/mol. The van der Waals surface area contributed by atoms with Crippen LogP contribution in [-0.4, -0.2) is 27.2 Å². The summed E-state index contributed by atoms with van der Waals surface area (Å²) in [6.45, 7) is 0.993. The van der Waals surface area contributed by atoms with Gasteiger partial charge in [-0.2, -0.15) is 0 Å². The van der Waals surface area contributed by atoms with Gasteiger partial charge in [0.25, 0.3) is 0 Å². The summed E-state index contributed by atoms with van der Waals surface area (Å²) in [6, 6.07) is 7.82. The standard InChI is InChI=1S/C10H13N5O/c11-6-5-8-1-3-9(4-2-8)16-7-10-12-14-15-13-10/h1-4H,5-7,11H2,(H,12,13,14,15). The summed E-state index contributed by atoms with van der Waals surface area (Å²) in [5.41, 5.74) is 6.67. The highest BCUT2D eigenvalue weighted by atomic mass is 16.5. The summed E-state index contributed by atoms with van der Waals surface area (Å²) in [4.78, 5) is 0. The molecule has 6 nitrogen and oxygen atoms in total. The molecule has 0 amide bonds. The number of ether oxygens (including phenoxy) is 1. The van der Waals surface area contributed by atoms with Crippen LogP contribution in [-0.2, 0) is 13.0 Å². The van der Waals surface area contributed by atoms with Crippen LogP contribution in [0.1, 0.15) is 11.4 Å². The van der Waals surface area contributed by atoms with Gasteiger partial charge < -0.3 is 10.5 Å². The highest BCUT2D eigenvalue weighted by Gasteiger charge is 1.99. The molecule has 16 heavy (non-hydrogen) atoms. The van der Waals surface area contributed by atoms with Crippen LogP contribution in [0.3, 0.4) is 0 Å². The number of tetrazole rings is 1. The van der Waals surface area contributed by atoms with Crippen LogP contribution in [0.5, 0.6) is 5.75 Å². The van der Waals surface area contributed by atoms with Gasteiger partial charge >= 0.3 is 0 Å². The lowest BCUT2D eigenvalue weighted by atomic mass is 10.1. The Balaban J connectivity index is 1.90. The van der Waals surface area contributed by atoms with Gasteiger partial charge in [0.2, 0.25) is 0 Å². The quantitative estimate of drug-likeness (QED) is 0.753. The topological polar surface area (TPSA) is 89.7 Å². The van der Waals surface area contributed by atoms with E-state index in [0.29, 0.717) is 19.0 Å². The largest absolute Gasteiger partial charge is 0.486 e. The molecule has 0 saturated heterocycles. The smallest absolute Gasteiger partial charge is 0.186 e. The van der Waals surface area contributed by atoms with Crippen LogP contribution in [0.15, 0.2) is 24.3 Å². The summed E-state index contributed by atoms with van der Waals surface area (Å²) >= 11 is 0. The van der Waals surface area contributed by atoms with E-state index >= 15 is 0 Å². The van der Waals surface area contributed by atoms with Crippen LogP contribution in [0.4, 0.5) is 0 Å². The SMILES string of the molecule is NCCc1ccc(OCc2nnn[nH]2)cc1. The average molecular weight is 219 g/mol. The first kappa shape index (κ1) is 10.6. The number of nitrogens with one attached hydrogen (secondary N) is 1. The molecule has 0 bridgehead atoms. The van der Waals surface area contributed by atoms with Crippen LogP contribution in [0.25, 0.3) is 0 Å². The molecule has 0 radical (unpaired) electrons. The fourth-order valence-electron chi connectivity index (χ4n) is 1.31. The summed E-state index contributed by atoms with van der Waals surface area (Å²) in [5.74, 6) is 1.39. The number of benzene rings is 1. The number of nitrogens with two attached hydrogens (primary N) is 1. The van der Waals surface area contributed by atoms with Gasteiger partial charge in [0.05, 0.1) is 0 Å². The molecule has 3 N–H and O–H groups in total.